The molecule has 1 aromatic rings. The Morgan fingerprint density at radius 1 is 1.33 bits per heavy atom. The van der Waals surface area contributed by atoms with Gasteiger partial charge in [-0.15, -0.1) is 24.0 Å². The van der Waals surface area contributed by atoms with Gasteiger partial charge in [-0.25, -0.2) is 13.1 Å². The highest BCUT2D eigenvalue weighted by Gasteiger charge is 2.24. The average Bonchev–Trinajstić information content (AvgIpc) is 2.65. The Morgan fingerprint density at radius 2 is 2.04 bits per heavy atom. The molecule has 1 atom stereocenters. The topological polar surface area (TPSA) is 73.8 Å². The third-order valence-corrected chi connectivity index (χ3v) is 7.21. The maximum atomic E-state index is 12.2. The molecule has 1 aliphatic rings. The van der Waals surface area contributed by atoms with Gasteiger partial charge in [0.05, 0.1) is 11.4 Å². The van der Waals surface area contributed by atoms with Crippen molar-refractivity contribution in [2.45, 2.75) is 30.9 Å². The van der Waals surface area contributed by atoms with Crippen LogP contribution in [0.1, 0.15) is 20.8 Å². The SMILES string of the molecule is CCNC(=NCCNS(=O)(=O)c1ccccc1)N1CCSC(C(C)C)C1.I. The van der Waals surface area contributed by atoms with E-state index < -0.39 is 10.0 Å². The van der Waals surface area contributed by atoms with Crippen LogP contribution in [0, 0.1) is 5.92 Å². The molecule has 1 aromatic carbocycles. The quantitative estimate of drug-likeness (QED) is 0.248. The monoisotopic (exact) mass is 526 g/mol. The second-order valence-electron chi connectivity index (χ2n) is 6.55. The molecule has 0 radical (unpaired) electrons. The number of sulfonamides is 1. The van der Waals surface area contributed by atoms with Crippen LogP contribution in [-0.4, -0.2) is 63.0 Å². The van der Waals surface area contributed by atoms with Crippen molar-refractivity contribution in [1.29, 1.82) is 0 Å². The third kappa shape index (κ3) is 7.78. The molecule has 1 unspecified atom stereocenters. The Hall–Kier alpha value is -0.520. The first-order chi connectivity index (χ1) is 12.4. The zero-order valence-electron chi connectivity index (χ0n) is 16.2. The second kappa shape index (κ2) is 12.1. The minimum Gasteiger partial charge on any atom is -0.357 e. The summed E-state index contributed by atoms with van der Waals surface area (Å²) in [4.78, 5) is 7.19. The van der Waals surface area contributed by atoms with Gasteiger partial charge in [0.1, 0.15) is 0 Å². The Morgan fingerprint density at radius 3 is 2.67 bits per heavy atom. The Balaban J connectivity index is 0.00000364. The molecule has 1 saturated heterocycles. The number of rotatable bonds is 7. The maximum absolute atomic E-state index is 12.2. The summed E-state index contributed by atoms with van der Waals surface area (Å²) in [5.41, 5.74) is 0. The number of thioether (sulfide) groups is 1. The molecule has 2 rings (SSSR count). The fourth-order valence-electron chi connectivity index (χ4n) is 2.72. The fourth-order valence-corrected chi connectivity index (χ4v) is 5.06. The molecule has 0 saturated carbocycles. The van der Waals surface area contributed by atoms with E-state index in [1.54, 1.807) is 30.3 Å². The predicted molar refractivity (Wildman–Crippen MR) is 126 cm³/mol. The Bertz CT molecular complexity index is 684. The van der Waals surface area contributed by atoms with Crippen molar-refractivity contribution >= 4 is 51.7 Å². The van der Waals surface area contributed by atoms with Crippen LogP contribution in [0.4, 0.5) is 0 Å². The summed E-state index contributed by atoms with van der Waals surface area (Å²) in [5, 5.41) is 3.93. The van der Waals surface area contributed by atoms with Gasteiger partial charge in [0.25, 0.3) is 0 Å². The lowest BCUT2D eigenvalue weighted by Crippen LogP contribution is -2.49. The molecule has 154 valence electrons. The molecule has 1 heterocycles. The lowest BCUT2D eigenvalue weighted by atomic mass is 10.1. The van der Waals surface area contributed by atoms with Gasteiger partial charge in [0.2, 0.25) is 10.0 Å². The van der Waals surface area contributed by atoms with Gasteiger partial charge >= 0.3 is 0 Å². The van der Waals surface area contributed by atoms with Gasteiger partial charge in [-0.05, 0) is 25.0 Å². The van der Waals surface area contributed by atoms with Crippen LogP contribution in [0.25, 0.3) is 0 Å². The van der Waals surface area contributed by atoms with Gasteiger partial charge in [-0.2, -0.15) is 11.8 Å². The van der Waals surface area contributed by atoms with E-state index in [1.165, 1.54) is 0 Å². The highest BCUT2D eigenvalue weighted by Crippen LogP contribution is 2.24. The van der Waals surface area contributed by atoms with E-state index in [1.807, 2.05) is 18.7 Å². The van der Waals surface area contributed by atoms with E-state index in [0.29, 0.717) is 17.7 Å². The van der Waals surface area contributed by atoms with E-state index in [9.17, 15) is 8.42 Å². The van der Waals surface area contributed by atoms with Gasteiger partial charge in [-0.1, -0.05) is 32.0 Å². The van der Waals surface area contributed by atoms with Crippen LogP contribution in [0.15, 0.2) is 40.2 Å². The van der Waals surface area contributed by atoms with Crippen molar-refractivity contribution < 1.29 is 8.42 Å². The summed E-state index contributed by atoms with van der Waals surface area (Å²) in [7, 11) is -3.47. The molecule has 2 N–H and O–H groups in total. The molecule has 9 heteroatoms. The van der Waals surface area contributed by atoms with Crippen molar-refractivity contribution in [1.82, 2.24) is 14.9 Å². The van der Waals surface area contributed by atoms with Crippen LogP contribution in [0.2, 0.25) is 0 Å². The fraction of sp³-hybridized carbons (Fsp3) is 0.611. The van der Waals surface area contributed by atoms with Crippen LogP contribution in [0.5, 0.6) is 0 Å². The van der Waals surface area contributed by atoms with Gasteiger partial charge in [-0.3, -0.25) is 4.99 Å². The van der Waals surface area contributed by atoms with Crippen LogP contribution >= 0.6 is 35.7 Å². The van der Waals surface area contributed by atoms with Crippen molar-refractivity contribution in [3.8, 4) is 0 Å². The number of hydrogen-bond donors (Lipinski definition) is 2. The number of guanidine groups is 1. The molecule has 1 fully saturated rings. The number of aliphatic imine (C=N–C) groups is 1. The summed E-state index contributed by atoms with van der Waals surface area (Å²) in [6.45, 7) is 9.98. The summed E-state index contributed by atoms with van der Waals surface area (Å²) < 4.78 is 27.1. The second-order valence-corrected chi connectivity index (χ2v) is 9.66. The highest BCUT2D eigenvalue weighted by atomic mass is 127. The number of benzene rings is 1. The zero-order valence-corrected chi connectivity index (χ0v) is 20.2. The minimum atomic E-state index is -3.47. The van der Waals surface area contributed by atoms with Crippen molar-refractivity contribution in [2.24, 2.45) is 10.9 Å². The molecule has 0 amide bonds. The first-order valence-electron chi connectivity index (χ1n) is 9.13. The van der Waals surface area contributed by atoms with Crippen LogP contribution < -0.4 is 10.0 Å². The Kier molecular flexibility index (Phi) is 11.0. The van der Waals surface area contributed by atoms with Crippen LogP contribution in [-0.2, 0) is 10.0 Å². The lowest BCUT2D eigenvalue weighted by molar-refractivity contribution is 0.381. The minimum absolute atomic E-state index is 0. The van der Waals surface area contributed by atoms with Crippen molar-refractivity contribution in [3.63, 3.8) is 0 Å². The molecule has 6 nitrogen and oxygen atoms in total. The molecule has 0 aromatic heterocycles. The normalized spacial score (nSPS) is 18.3. The predicted octanol–water partition coefficient (Wildman–Crippen LogP) is 2.62. The van der Waals surface area contributed by atoms with Gasteiger partial charge in [0.15, 0.2) is 5.96 Å². The summed E-state index contributed by atoms with van der Waals surface area (Å²) in [6, 6.07) is 8.42. The van der Waals surface area contributed by atoms with Gasteiger partial charge in [0, 0.05) is 37.2 Å². The lowest BCUT2D eigenvalue weighted by Gasteiger charge is -2.36. The molecular formula is C18H31IN4O2S2. The van der Waals surface area contributed by atoms with E-state index in [-0.39, 0.29) is 35.4 Å². The largest absolute Gasteiger partial charge is 0.357 e. The molecule has 1 aliphatic heterocycles. The number of halogens is 1. The van der Waals surface area contributed by atoms with E-state index in [4.69, 9.17) is 0 Å². The third-order valence-electron chi connectivity index (χ3n) is 4.19. The van der Waals surface area contributed by atoms with E-state index in [0.717, 1.165) is 31.3 Å². The number of hydrogen-bond acceptors (Lipinski definition) is 4. The summed E-state index contributed by atoms with van der Waals surface area (Å²) >= 11 is 2.02. The molecule has 0 aliphatic carbocycles. The van der Waals surface area contributed by atoms with Crippen molar-refractivity contribution in [3.05, 3.63) is 30.3 Å². The van der Waals surface area contributed by atoms with Crippen LogP contribution in [0.3, 0.4) is 0 Å². The molecular weight excluding hydrogens is 495 g/mol. The zero-order chi connectivity index (χ0) is 19.0. The van der Waals surface area contributed by atoms with Gasteiger partial charge < -0.3 is 10.2 Å². The highest BCUT2D eigenvalue weighted by molar-refractivity contribution is 14.0. The summed E-state index contributed by atoms with van der Waals surface area (Å²) in [6.07, 6.45) is 0. The number of nitrogens with zero attached hydrogens (tertiary/aromatic N) is 2. The van der Waals surface area contributed by atoms with E-state index >= 15 is 0 Å². The smallest absolute Gasteiger partial charge is 0.240 e. The number of nitrogens with one attached hydrogen (secondary N) is 2. The standard InChI is InChI=1S/C18H30N4O2S2.HI/c1-4-19-18(22-12-13-25-17(14-22)15(2)3)20-10-11-21-26(23,24)16-8-6-5-7-9-16;/h5-9,15,17,21H,4,10-14H2,1-3H3,(H,19,20);1H. The maximum Gasteiger partial charge on any atom is 0.240 e. The average molecular weight is 527 g/mol. The molecule has 27 heavy (non-hydrogen) atoms. The molecule has 0 bridgehead atoms. The Labute approximate surface area is 185 Å². The molecule has 0 spiro atoms. The summed E-state index contributed by atoms with van der Waals surface area (Å²) in [5.74, 6) is 2.59. The van der Waals surface area contributed by atoms with Crippen molar-refractivity contribution in [2.75, 3.05) is 38.5 Å². The van der Waals surface area contributed by atoms with E-state index in [2.05, 4.69) is 33.8 Å². The first kappa shape index (κ1) is 24.5. The first-order valence-corrected chi connectivity index (χ1v) is 11.7.